The van der Waals surface area contributed by atoms with Gasteiger partial charge in [0.15, 0.2) is 0 Å². The van der Waals surface area contributed by atoms with Crippen molar-refractivity contribution < 1.29 is 20.1 Å². The number of benzene rings is 3. The Labute approximate surface area is 298 Å². The molecular weight excluding hydrogens is 771 g/mol. The van der Waals surface area contributed by atoms with Gasteiger partial charge in [-0.3, -0.25) is 0 Å². The van der Waals surface area contributed by atoms with E-state index in [1.807, 2.05) is 66.6 Å². The van der Waals surface area contributed by atoms with Gasteiger partial charge in [0.2, 0.25) is 0 Å². The molecule has 0 unspecified atom stereocenters. The van der Waals surface area contributed by atoms with Gasteiger partial charge < -0.3 is 9.97 Å². The van der Waals surface area contributed by atoms with Crippen molar-refractivity contribution in [1.82, 2.24) is 15.0 Å². The molecule has 5 heteroatoms. The molecule has 0 saturated heterocycles. The zero-order chi connectivity index (χ0) is 32.3. The maximum atomic E-state index is 4.85. The van der Waals surface area contributed by atoms with Crippen molar-refractivity contribution in [3.63, 3.8) is 0 Å². The molecule has 3 aromatic heterocycles. The van der Waals surface area contributed by atoms with Crippen LogP contribution < -0.4 is 0 Å². The SMILES string of the molecule is CCCCCSc1cccc(-c2cc(C)[c-]c(-c3ccccn3)c2)n1.Cc1cc(C)c(-c2ccc(-c3[c-]cccc3)nc2)c(C)c1.[Ir]. The summed E-state index contributed by atoms with van der Waals surface area (Å²) in [5, 5.41) is 1.10. The van der Waals surface area contributed by atoms with Gasteiger partial charge in [-0.2, -0.15) is 0 Å². The van der Waals surface area contributed by atoms with Gasteiger partial charge >= 0.3 is 0 Å². The van der Waals surface area contributed by atoms with Crippen molar-refractivity contribution in [3.05, 3.63) is 144 Å². The average molecular weight is 812 g/mol. The summed E-state index contributed by atoms with van der Waals surface area (Å²) in [6.07, 6.45) is 7.56. The monoisotopic (exact) mass is 812 g/mol. The maximum Gasteiger partial charge on any atom is 0.0966 e. The van der Waals surface area contributed by atoms with Crippen LogP contribution >= 0.6 is 11.8 Å². The standard InChI is InChI=1S/C22H23N2S.C20H18N.Ir/c1-3-4-7-13-25-22-11-8-10-21(24-22)19-15-17(2)14-18(16-19)20-9-5-6-12-23-20;1-14-11-15(2)20(16(3)12-14)18-9-10-19(21-13-18)17-7-5-4-6-8-17;/h5-6,8-12,15-16H,3-4,7,13H2,1-2H3;4-7,9-13H,1-3H3;/q2*-1;. The number of pyridine rings is 3. The number of rotatable bonds is 9. The molecule has 6 aromatic rings. The Morgan fingerprint density at radius 2 is 1.45 bits per heavy atom. The topological polar surface area (TPSA) is 38.7 Å². The summed E-state index contributed by atoms with van der Waals surface area (Å²) < 4.78 is 0. The van der Waals surface area contributed by atoms with E-state index in [1.165, 1.54) is 47.1 Å². The molecule has 0 bridgehead atoms. The van der Waals surface area contributed by atoms with Crippen molar-refractivity contribution in [2.24, 2.45) is 0 Å². The minimum absolute atomic E-state index is 0. The van der Waals surface area contributed by atoms with E-state index in [4.69, 9.17) is 4.98 Å². The van der Waals surface area contributed by atoms with Crippen LogP contribution in [0.15, 0.2) is 114 Å². The summed E-state index contributed by atoms with van der Waals surface area (Å²) in [7, 11) is 0. The molecule has 0 aliphatic carbocycles. The molecule has 0 aliphatic heterocycles. The molecule has 0 amide bonds. The van der Waals surface area contributed by atoms with E-state index in [9.17, 15) is 0 Å². The van der Waals surface area contributed by atoms with E-state index >= 15 is 0 Å². The molecule has 0 N–H and O–H groups in total. The van der Waals surface area contributed by atoms with Crippen molar-refractivity contribution in [1.29, 1.82) is 0 Å². The molecule has 47 heavy (non-hydrogen) atoms. The zero-order valence-electron chi connectivity index (χ0n) is 27.8. The molecule has 3 aromatic carbocycles. The fraction of sp³-hybridized carbons (Fsp3) is 0.214. The van der Waals surface area contributed by atoms with Gasteiger partial charge in [0.25, 0.3) is 0 Å². The first-order chi connectivity index (χ1) is 22.4. The molecule has 0 aliphatic rings. The van der Waals surface area contributed by atoms with Crippen molar-refractivity contribution in [2.75, 3.05) is 5.75 Å². The third kappa shape index (κ3) is 10.0. The quantitative estimate of drug-likeness (QED) is 0.0828. The molecule has 1 radical (unpaired) electrons. The first kappa shape index (κ1) is 36.0. The van der Waals surface area contributed by atoms with E-state index in [0.29, 0.717) is 0 Å². The predicted molar refractivity (Wildman–Crippen MR) is 195 cm³/mol. The molecule has 3 nitrogen and oxygen atoms in total. The molecule has 3 heterocycles. The Bertz CT molecular complexity index is 1830. The van der Waals surface area contributed by atoms with E-state index in [-0.39, 0.29) is 20.1 Å². The smallest absolute Gasteiger partial charge is 0.0966 e. The Kier molecular flexibility index (Phi) is 13.7. The maximum absolute atomic E-state index is 4.85. The van der Waals surface area contributed by atoms with Gasteiger partial charge in [0, 0.05) is 32.5 Å². The van der Waals surface area contributed by atoms with Gasteiger partial charge in [-0.05, 0) is 84.8 Å². The van der Waals surface area contributed by atoms with Crippen LogP contribution in [0, 0.1) is 39.8 Å². The third-order valence-electron chi connectivity index (χ3n) is 7.68. The van der Waals surface area contributed by atoms with Crippen LogP contribution in [0.4, 0.5) is 0 Å². The second kappa shape index (κ2) is 17.9. The first-order valence-electron chi connectivity index (χ1n) is 16.0. The molecule has 0 saturated carbocycles. The third-order valence-corrected chi connectivity index (χ3v) is 8.69. The summed E-state index contributed by atoms with van der Waals surface area (Å²) in [6.45, 7) is 10.8. The fourth-order valence-electron chi connectivity index (χ4n) is 5.60. The van der Waals surface area contributed by atoms with E-state index in [2.05, 4.69) is 111 Å². The number of hydrogen-bond donors (Lipinski definition) is 0. The van der Waals surface area contributed by atoms with Crippen molar-refractivity contribution in [3.8, 4) is 44.9 Å². The van der Waals surface area contributed by atoms with E-state index < -0.39 is 0 Å². The second-order valence-corrected chi connectivity index (χ2v) is 12.7. The van der Waals surface area contributed by atoms with Gasteiger partial charge in [0.05, 0.1) is 10.7 Å². The zero-order valence-corrected chi connectivity index (χ0v) is 31.0. The molecule has 0 spiro atoms. The van der Waals surface area contributed by atoms with Crippen LogP contribution in [0.25, 0.3) is 44.9 Å². The Morgan fingerprint density at radius 3 is 2.13 bits per heavy atom. The van der Waals surface area contributed by atoms with Crippen LogP contribution in [0.5, 0.6) is 0 Å². The second-order valence-electron chi connectivity index (χ2n) is 11.6. The van der Waals surface area contributed by atoms with Crippen molar-refractivity contribution in [2.45, 2.75) is 58.9 Å². The van der Waals surface area contributed by atoms with Crippen LogP contribution in [-0.2, 0) is 20.1 Å². The summed E-state index contributed by atoms with van der Waals surface area (Å²) >= 11 is 1.84. The molecule has 0 atom stereocenters. The average Bonchev–Trinajstić information content (AvgIpc) is 3.08. The van der Waals surface area contributed by atoms with Gasteiger partial charge in [0.1, 0.15) is 0 Å². The van der Waals surface area contributed by atoms with E-state index in [1.54, 1.807) is 0 Å². The number of nitrogens with zero attached hydrogens (tertiary/aromatic N) is 3. The van der Waals surface area contributed by atoms with Gasteiger partial charge in [-0.1, -0.05) is 80.3 Å². The molecule has 0 fully saturated rings. The fourth-order valence-corrected chi connectivity index (χ4v) is 6.49. The largest absolute Gasteiger partial charge is 0.305 e. The first-order valence-corrected chi connectivity index (χ1v) is 17.0. The summed E-state index contributed by atoms with van der Waals surface area (Å²) in [6, 6.07) is 39.7. The summed E-state index contributed by atoms with van der Waals surface area (Å²) in [4.78, 5) is 13.9. The minimum atomic E-state index is 0. The minimum Gasteiger partial charge on any atom is -0.305 e. The summed E-state index contributed by atoms with van der Waals surface area (Å²) in [5.41, 5.74) is 13.5. The number of unbranched alkanes of at least 4 members (excludes halogenated alkanes) is 2. The Morgan fingerprint density at radius 1 is 0.681 bits per heavy atom. The Hall–Kier alpha value is -3.89. The molecule has 241 valence electrons. The van der Waals surface area contributed by atoms with Crippen LogP contribution in [0.1, 0.15) is 48.4 Å². The molecular formula is C42H41IrN3S-2. The number of aryl methyl sites for hydroxylation is 4. The number of aromatic nitrogens is 3. The van der Waals surface area contributed by atoms with Crippen LogP contribution in [-0.4, -0.2) is 20.7 Å². The van der Waals surface area contributed by atoms with Crippen molar-refractivity contribution >= 4 is 11.8 Å². The number of hydrogen-bond acceptors (Lipinski definition) is 4. The van der Waals surface area contributed by atoms with Gasteiger partial charge in [-0.15, -0.1) is 77.0 Å². The Balaban J connectivity index is 0.000000211. The van der Waals surface area contributed by atoms with Crippen LogP contribution in [0.2, 0.25) is 0 Å². The predicted octanol–water partition coefficient (Wildman–Crippen LogP) is 11.3. The molecule has 6 rings (SSSR count). The van der Waals surface area contributed by atoms with Gasteiger partial charge in [-0.25, -0.2) is 4.98 Å². The van der Waals surface area contributed by atoms with Crippen LogP contribution in [0.3, 0.4) is 0 Å². The number of thioether (sulfide) groups is 1. The van der Waals surface area contributed by atoms with E-state index in [0.717, 1.165) is 50.1 Å². The summed E-state index contributed by atoms with van der Waals surface area (Å²) in [5.74, 6) is 1.13. The normalized spacial score (nSPS) is 10.5.